The number of anilines is 3. The molecule has 12 rings (SSSR count). The lowest BCUT2D eigenvalue weighted by Gasteiger charge is -2.29. The van der Waals surface area contributed by atoms with Gasteiger partial charge in [0, 0.05) is 33.4 Å². The summed E-state index contributed by atoms with van der Waals surface area (Å²) in [4.78, 5) is 2.44. The predicted molar refractivity (Wildman–Crippen MR) is 288 cm³/mol. The zero-order chi connectivity index (χ0) is 45.2. The van der Waals surface area contributed by atoms with E-state index in [1.54, 1.807) is 0 Å². The van der Waals surface area contributed by atoms with Gasteiger partial charge in [0.2, 0.25) is 0 Å². The summed E-state index contributed by atoms with van der Waals surface area (Å²) in [6, 6.07) is 101. The second kappa shape index (κ2) is 17.8. The van der Waals surface area contributed by atoms with Gasteiger partial charge in [-0.1, -0.05) is 218 Å². The third-order valence-corrected chi connectivity index (χ3v) is 13.2. The van der Waals surface area contributed by atoms with Gasteiger partial charge in [-0.15, -0.1) is 0 Å². The van der Waals surface area contributed by atoms with E-state index in [1.807, 2.05) is 0 Å². The number of aromatic nitrogens is 1. The zero-order valence-corrected chi connectivity index (χ0v) is 37.5. The molecule has 0 fully saturated rings. The highest BCUT2D eigenvalue weighted by molar-refractivity contribution is 6.10. The van der Waals surface area contributed by atoms with Gasteiger partial charge in [0.1, 0.15) is 0 Å². The van der Waals surface area contributed by atoms with Gasteiger partial charge in [-0.25, -0.2) is 0 Å². The van der Waals surface area contributed by atoms with Crippen LogP contribution in [-0.4, -0.2) is 4.57 Å². The molecule has 0 N–H and O–H groups in total. The van der Waals surface area contributed by atoms with Crippen LogP contribution in [0.3, 0.4) is 0 Å². The molecule has 11 aromatic carbocycles. The van der Waals surface area contributed by atoms with Crippen LogP contribution in [0.1, 0.15) is 0 Å². The first-order valence-corrected chi connectivity index (χ1v) is 23.3. The standard InChI is InChI=1S/C66H46N2/c1-4-21-47(22-5-1)55-29-10-11-30-56(55)49-39-42-53(43-40-49)67(64-37-18-16-35-61(64)60-34-15-14-33-59(60)58-32-13-12-31-57(58)48-23-6-2-7-24-48)54-28-20-25-50(45-54)51-41-44-66-63(46-51)62-36-17-19-38-65(62)68(66)52-26-8-3-9-27-52/h1-46H. The highest BCUT2D eigenvalue weighted by Crippen LogP contribution is 2.46. The van der Waals surface area contributed by atoms with Crippen molar-refractivity contribution in [2.45, 2.75) is 0 Å². The Morgan fingerprint density at radius 1 is 0.235 bits per heavy atom. The Kier molecular flexibility index (Phi) is 10.6. The molecule has 2 heteroatoms. The van der Waals surface area contributed by atoms with E-state index in [0.717, 1.165) is 33.9 Å². The summed E-state index contributed by atoms with van der Waals surface area (Å²) >= 11 is 0. The number of rotatable bonds is 10. The van der Waals surface area contributed by atoms with Crippen LogP contribution in [-0.2, 0) is 0 Å². The Balaban J connectivity index is 1.02. The van der Waals surface area contributed by atoms with E-state index in [0.29, 0.717) is 0 Å². The normalized spacial score (nSPS) is 11.2. The molecule has 68 heavy (non-hydrogen) atoms. The van der Waals surface area contributed by atoms with Gasteiger partial charge in [-0.2, -0.15) is 0 Å². The number of fused-ring (bicyclic) bond motifs is 3. The van der Waals surface area contributed by atoms with Crippen LogP contribution in [0, 0.1) is 0 Å². The highest BCUT2D eigenvalue weighted by Gasteiger charge is 2.22. The summed E-state index contributed by atoms with van der Waals surface area (Å²) in [5.74, 6) is 0. The molecule has 0 saturated carbocycles. The quantitative estimate of drug-likeness (QED) is 0.133. The Morgan fingerprint density at radius 3 is 1.31 bits per heavy atom. The Bertz CT molecular complexity index is 3720. The Hall–Kier alpha value is -8.98. The average molecular weight is 867 g/mol. The molecule has 0 aliphatic carbocycles. The lowest BCUT2D eigenvalue weighted by molar-refractivity contribution is 1.18. The van der Waals surface area contributed by atoms with E-state index in [4.69, 9.17) is 0 Å². The lowest BCUT2D eigenvalue weighted by Crippen LogP contribution is -2.11. The van der Waals surface area contributed by atoms with E-state index in [2.05, 4.69) is 289 Å². The minimum atomic E-state index is 1.07. The van der Waals surface area contributed by atoms with Gasteiger partial charge in [-0.3, -0.25) is 0 Å². The Labute approximate surface area is 397 Å². The van der Waals surface area contributed by atoms with Crippen LogP contribution >= 0.6 is 0 Å². The summed E-state index contributed by atoms with van der Waals surface area (Å²) < 4.78 is 2.38. The second-order valence-electron chi connectivity index (χ2n) is 17.2. The molecule has 0 unspecified atom stereocenters. The van der Waals surface area contributed by atoms with Crippen molar-refractivity contribution in [3.63, 3.8) is 0 Å². The van der Waals surface area contributed by atoms with Crippen LogP contribution in [0.5, 0.6) is 0 Å². The number of hydrogen-bond donors (Lipinski definition) is 0. The van der Waals surface area contributed by atoms with Gasteiger partial charge in [0.25, 0.3) is 0 Å². The molecule has 0 saturated heterocycles. The van der Waals surface area contributed by atoms with Gasteiger partial charge in [0.15, 0.2) is 0 Å². The second-order valence-corrected chi connectivity index (χ2v) is 17.2. The molecule has 12 aromatic rings. The summed E-state index contributed by atoms with van der Waals surface area (Å²) in [6.45, 7) is 0. The Morgan fingerprint density at radius 2 is 0.662 bits per heavy atom. The largest absolute Gasteiger partial charge is 0.310 e. The van der Waals surface area contributed by atoms with Crippen molar-refractivity contribution in [3.05, 3.63) is 279 Å². The van der Waals surface area contributed by atoms with Crippen LogP contribution in [0.15, 0.2) is 279 Å². The van der Waals surface area contributed by atoms with Gasteiger partial charge in [0.05, 0.1) is 16.7 Å². The average Bonchev–Trinajstić information content (AvgIpc) is 3.76. The predicted octanol–water partition coefficient (Wildman–Crippen LogP) is 18.3. The summed E-state index contributed by atoms with van der Waals surface area (Å²) in [6.07, 6.45) is 0. The summed E-state index contributed by atoms with van der Waals surface area (Å²) in [5.41, 5.74) is 21.0. The fourth-order valence-corrected chi connectivity index (χ4v) is 10.1. The fraction of sp³-hybridized carbons (Fsp3) is 0. The fourth-order valence-electron chi connectivity index (χ4n) is 10.1. The van der Waals surface area contributed by atoms with Crippen LogP contribution in [0.4, 0.5) is 17.1 Å². The molecule has 1 heterocycles. The van der Waals surface area contributed by atoms with Crippen molar-refractivity contribution >= 4 is 38.9 Å². The molecular weight excluding hydrogens is 821 g/mol. The molecule has 0 atom stereocenters. The number of hydrogen-bond acceptors (Lipinski definition) is 1. The first-order valence-electron chi connectivity index (χ1n) is 23.3. The number of para-hydroxylation sites is 3. The number of benzene rings is 11. The number of nitrogens with zero attached hydrogens (tertiary/aromatic N) is 2. The third-order valence-electron chi connectivity index (χ3n) is 13.2. The van der Waals surface area contributed by atoms with E-state index >= 15 is 0 Å². The third kappa shape index (κ3) is 7.45. The maximum atomic E-state index is 2.44. The first-order chi connectivity index (χ1) is 33.8. The summed E-state index contributed by atoms with van der Waals surface area (Å²) in [7, 11) is 0. The van der Waals surface area contributed by atoms with Gasteiger partial charge < -0.3 is 9.47 Å². The molecule has 2 nitrogen and oxygen atoms in total. The van der Waals surface area contributed by atoms with E-state index < -0.39 is 0 Å². The zero-order valence-electron chi connectivity index (χ0n) is 37.5. The SMILES string of the molecule is c1ccc(-c2ccccc2-c2ccc(N(c3cccc(-c4ccc5c(c4)c4ccccc4n5-c4ccccc4)c3)c3ccccc3-c3ccccc3-c3ccccc3-c3ccccc3)cc2)cc1. The van der Waals surface area contributed by atoms with Crippen molar-refractivity contribution in [2.24, 2.45) is 0 Å². The molecule has 0 aliphatic rings. The molecule has 0 aliphatic heterocycles. The van der Waals surface area contributed by atoms with Crippen molar-refractivity contribution in [2.75, 3.05) is 4.90 Å². The van der Waals surface area contributed by atoms with E-state index in [-0.39, 0.29) is 0 Å². The maximum absolute atomic E-state index is 2.44. The minimum Gasteiger partial charge on any atom is -0.310 e. The molecule has 1 aromatic heterocycles. The van der Waals surface area contributed by atoms with Crippen LogP contribution in [0.2, 0.25) is 0 Å². The first kappa shape index (κ1) is 40.5. The highest BCUT2D eigenvalue weighted by atomic mass is 15.1. The van der Waals surface area contributed by atoms with Crippen LogP contribution in [0.25, 0.3) is 94.3 Å². The van der Waals surface area contributed by atoms with E-state index in [9.17, 15) is 0 Å². The molecule has 0 spiro atoms. The molecule has 0 bridgehead atoms. The topological polar surface area (TPSA) is 8.17 Å². The maximum Gasteiger partial charge on any atom is 0.0541 e. The van der Waals surface area contributed by atoms with Crippen molar-refractivity contribution in [3.8, 4) is 72.4 Å². The minimum absolute atomic E-state index is 1.07. The van der Waals surface area contributed by atoms with Gasteiger partial charge >= 0.3 is 0 Å². The summed E-state index contributed by atoms with van der Waals surface area (Å²) in [5, 5.41) is 2.47. The molecule has 0 radical (unpaired) electrons. The molecular formula is C66H46N2. The van der Waals surface area contributed by atoms with Crippen LogP contribution < -0.4 is 4.90 Å². The van der Waals surface area contributed by atoms with Gasteiger partial charge in [-0.05, 0) is 122 Å². The van der Waals surface area contributed by atoms with E-state index in [1.165, 1.54) is 77.4 Å². The van der Waals surface area contributed by atoms with Crippen molar-refractivity contribution < 1.29 is 0 Å². The molecule has 320 valence electrons. The molecule has 0 amide bonds. The lowest BCUT2D eigenvalue weighted by atomic mass is 9.88. The van der Waals surface area contributed by atoms with Crippen molar-refractivity contribution in [1.29, 1.82) is 0 Å². The monoisotopic (exact) mass is 866 g/mol. The smallest absolute Gasteiger partial charge is 0.0541 e. The van der Waals surface area contributed by atoms with Crippen molar-refractivity contribution in [1.82, 2.24) is 4.57 Å².